The number of pyridine rings is 1. The summed E-state index contributed by atoms with van der Waals surface area (Å²) in [7, 11) is 0. The van der Waals surface area contributed by atoms with Gasteiger partial charge in [0.1, 0.15) is 9.71 Å². The van der Waals surface area contributed by atoms with E-state index in [1.165, 1.54) is 24.2 Å². The van der Waals surface area contributed by atoms with E-state index in [4.69, 9.17) is 23.2 Å². The van der Waals surface area contributed by atoms with Crippen LogP contribution in [0.4, 0.5) is 0 Å². The number of hydrogen-bond donors (Lipinski definition) is 1. The number of hydrogen-bond acceptors (Lipinski definition) is 3. The number of nitrogens with zero attached hydrogens (tertiary/aromatic N) is 1. The van der Waals surface area contributed by atoms with Crippen molar-refractivity contribution in [1.82, 2.24) is 10.3 Å². The smallest absolute Gasteiger partial charge is 0.263 e. The third kappa shape index (κ3) is 1.85. The molecule has 0 aromatic carbocycles. The first-order valence-electron chi connectivity index (χ1n) is 7.03. The molecule has 3 aliphatic rings. The van der Waals surface area contributed by atoms with Crippen molar-refractivity contribution in [2.45, 2.75) is 32.7 Å². The van der Waals surface area contributed by atoms with Crippen molar-refractivity contribution >= 4 is 50.7 Å². The summed E-state index contributed by atoms with van der Waals surface area (Å²) in [6, 6.07) is 0.359. The Kier molecular flexibility index (Phi) is 3.01. The van der Waals surface area contributed by atoms with Crippen LogP contribution in [0.15, 0.2) is 0 Å². The highest BCUT2D eigenvalue weighted by Crippen LogP contribution is 2.53. The van der Waals surface area contributed by atoms with E-state index in [0.29, 0.717) is 32.8 Å². The molecule has 0 aliphatic heterocycles. The maximum atomic E-state index is 12.4. The molecule has 2 bridgehead atoms. The Morgan fingerprint density at radius 3 is 2.48 bits per heavy atom. The average molecular weight is 341 g/mol. The van der Waals surface area contributed by atoms with Gasteiger partial charge in [-0.05, 0) is 44.1 Å². The molecule has 6 heteroatoms. The Morgan fingerprint density at radius 2 is 1.90 bits per heavy atom. The molecule has 3 nitrogen and oxygen atoms in total. The Hall–Kier alpha value is -0.840. The summed E-state index contributed by atoms with van der Waals surface area (Å²) in [5, 5.41) is 5.01. The summed E-state index contributed by atoms with van der Waals surface area (Å²) in [5.74, 6) is 1.29. The van der Waals surface area contributed by atoms with Crippen LogP contribution >= 0.6 is 34.5 Å². The summed E-state index contributed by atoms with van der Waals surface area (Å²) in [4.78, 5) is 18.2. The highest BCUT2D eigenvalue weighted by atomic mass is 35.5. The molecule has 1 amide bonds. The minimum absolute atomic E-state index is 0.0735. The lowest BCUT2D eigenvalue weighted by atomic mass is 9.52. The molecule has 110 valence electrons. The van der Waals surface area contributed by atoms with Gasteiger partial charge in [0.2, 0.25) is 0 Å². The van der Waals surface area contributed by atoms with Gasteiger partial charge in [-0.2, -0.15) is 0 Å². The first-order chi connectivity index (χ1) is 9.97. The fraction of sp³-hybridized carbons (Fsp3) is 0.467. The first kappa shape index (κ1) is 13.8. The van der Waals surface area contributed by atoms with Crippen LogP contribution < -0.4 is 5.32 Å². The Morgan fingerprint density at radius 1 is 1.24 bits per heavy atom. The van der Waals surface area contributed by atoms with Gasteiger partial charge in [-0.3, -0.25) is 4.79 Å². The van der Waals surface area contributed by atoms with Gasteiger partial charge in [0.15, 0.2) is 0 Å². The van der Waals surface area contributed by atoms with Crippen LogP contribution in [0, 0.1) is 25.7 Å². The van der Waals surface area contributed by atoms with E-state index in [9.17, 15) is 4.79 Å². The number of nitrogens with one attached hydrogen (secondary N) is 1. The quantitative estimate of drug-likeness (QED) is 0.882. The van der Waals surface area contributed by atoms with Crippen LogP contribution in [0.5, 0.6) is 0 Å². The lowest BCUT2D eigenvalue weighted by Gasteiger charge is -2.58. The van der Waals surface area contributed by atoms with E-state index < -0.39 is 0 Å². The number of amides is 1. The Bertz CT molecular complexity index is 772. The van der Waals surface area contributed by atoms with E-state index in [-0.39, 0.29) is 5.91 Å². The molecule has 0 atom stereocenters. The van der Waals surface area contributed by atoms with Crippen molar-refractivity contribution < 1.29 is 4.79 Å². The van der Waals surface area contributed by atoms with Crippen LogP contribution in [-0.2, 0) is 0 Å². The number of rotatable bonds is 2. The van der Waals surface area contributed by atoms with Gasteiger partial charge in [-0.1, -0.05) is 23.2 Å². The lowest BCUT2D eigenvalue weighted by Crippen LogP contribution is -2.63. The summed E-state index contributed by atoms with van der Waals surface area (Å²) < 4.78 is 0. The largest absolute Gasteiger partial charge is 0.348 e. The number of aromatic nitrogens is 1. The van der Waals surface area contributed by atoms with E-state index in [0.717, 1.165) is 21.5 Å². The zero-order chi connectivity index (χ0) is 14.9. The van der Waals surface area contributed by atoms with Gasteiger partial charge in [0.05, 0.1) is 15.7 Å². The van der Waals surface area contributed by atoms with E-state index in [1.54, 1.807) is 0 Å². The molecular formula is C15H14Cl2N2OS. The predicted molar refractivity (Wildman–Crippen MR) is 86.6 cm³/mol. The normalized spacial score (nSPS) is 26.4. The topological polar surface area (TPSA) is 42.0 Å². The van der Waals surface area contributed by atoms with Gasteiger partial charge in [-0.25, -0.2) is 4.98 Å². The highest BCUT2D eigenvalue weighted by Gasteiger charge is 2.53. The highest BCUT2D eigenvalue weighted by molar-refractivity contribution is 7.21. The number of aryl methyl sites for hydroxylation is 2. The summed E-state index contributed by atoms with van der Waals surface area (Å²) >= 11 is 14.0. The van der Waals surface area contributed by atoms with E-state index in [2.05, 4.69) is 10.3 Å². The van der Waals surface area contributed by atoms with Gasteiger partial charge in [-0.15, -0.1) is 11.3 Å². The molecular weight excluding hydrogens is 327 g/mol. The SMILES string of the molecule is Cc1nc2sc(C(=O)NC3[C@H]4C[C@H]3C4)c(Cl)c2c(C)c1Cl. The van der Waals surface area contributed by atoms with Gasteiger partial charge >= 0.3 is 0 Å². The standard InChI is InChI=1S/C15H14Cl2N2OS/c1-5-9-11(17)13(21-15(9)18-6(2)10(5)16)14(20)19-12-7-3-8(12)4-7/h7-8,12H,3-4H2,1-2H3,(H,19,20)/t7-,8-. The molecule has 1 N–H and O–H groups in total. The summed E-state index contributed by atoms with van der Waals surface area (Å²) in [5.41, 5.74) is 1.66. The molecule has 3 fully saturated rings. The summed E-state index contributed by atoms with van der Waals surface area (Å²) in [6.07, 6.45) is 2.53. The fourth-order valence-corrected chi connectivity index (χ4v) is 4.98. The van der Waals surface area contributed by atoms with Crippen LogP contribution in [0.1, 0.15) is 33.8 Å². The second-order valence-electron chi connectivity index (χ2n) is 6.05. The molecule has 0 unspecified atom stereocenters. The van der Waals surface area contributed by atoms with Crippen molar-refractivity contribution in [2.24, 2.45) is 11.8 Å². The Balaban J connectivity index is 1.73. The molecule has 0 saturated heterocycles. The molecule has 5 rings (SSSR count). The van der Waals surface area contributed by atoms with Crippen molar-refractivity contribution in [3.8, 4) is 0 Å². The van der Waals surface area contributed by atoms with Gasteiger partial charge in [0.25, 0.3) is 5.91 Å². The third-order valence-electron chi connectivity index (χ3n) is 4.85. The van der Waals surface area contributed by atoms with Crippen molar-refractivity contribution in [1.29, 1.82) is 0 Å². The number of halogens is 2. The number of carbonyl (C=O) groups excluding carboxylic acids is 1. The predicted octanol–water partition coefficient (Wildman–Crippen LogP) is 4.36. The van der Waals surface area contributed by atoms with Crippen molar-refractivity contribution in [3.05, 3.63) is 26.2 Å². The minimum Gasteiger partial charge on any atom is -0.348 e. The monoisotopic (exact) mass is 340 g/mol. The molecule has 3 saturated carbocycles. The van der Waals surface area contributed by atoms with E-state index >= 15 is 0 Å². The Labute approximate surface area is 136 Å². The first-order valence-corrected chi connectivity index (χ1v) is 8.60. The zero-order valence-corrected chi connectivity index (χ0v) is 14.0. The average Bonchev–Trinajstić information content (AvgIpc) is 2.67. The lowest BCUT2D eigenvalue weighted by molar-refractivity contribution is -0.0366. The van der Waals surface area contributed by atoms with Crippen LogP contribution in [-0.4, -0.2) is 16.9 Å². The second-order valence-corrected chi connectivity index (χ2v) is 7.81. The van der Waals surface area contributed by atoms with Crippen LogP contribution in [0.25, 0.3) is 10.2 Å². The van der Waals surface area contributed by atoms with Crippen molar-refractivity contribution in [3.63, 3.8) is 0 Å². The second kappa shape index (κ2) is 4.58. The molecule has 0 radical (unpaired) electrons. The maximum Gasteiger partial charge on any atom is 0.263 e. The number of fused-ring (bicyclic) bond motifs is 1. The minimum atomic E-state index is -0.0735. The molecule has 21 heavy (non-hydrogen) atoms. The van der Waals surface area contributed by atoms with Gasteiger partial charge < -0.3 is 5.32 Å². The molecule has 2 aromatic heterocycles. The van der Waals surface area contributed by atoms with Crippen molar-refractivity contribution in [2.75, 3.05) is 0 Å². The molecule has 2 aromatic rings. The van der Waals surface area contributed by atoms with E-state index in [1.807, 2.05) is 13.8 Å². The summed E-state index contributed by atoms with van der Waals surface area (Å²) in [6.45, 7) is 3.78. The van der Waals surface area contributed by atoms with Crippen LogP contribution in [0.2, 0.25) is 10.0 Å². The molecule has 0 spiro atoms. The fourth-order valence-electron chi connectivity index (χ4n) is 3.27. The zero-order valence-electron chi connectivity index (χ0n) is 11.7. The number of carbonyl (C=O) groups is 1. The maximum absolute atomic E-state index is 12.4. The molecule has 2 heterocycles. The third-order valence-corrected chi connectivity index (χ3v) is 6.98. The van der Waals surface area contributed by atoms with Gasteiger partial charge in [0, 0.05) is 11.4 Å². The number of thiophene rings is 1. The molecule has 3 aliphatic carbocycles. The van der Waals surface area contributed by atoms with Crippen LogP contribution in [0.3, 0.4) is 0 Å².